The molecule has 1 aromatic carbocycles. The molecule has 0 unspecified atom stereocenters. The number of hydrogen-bond donors (Lipinski definition) is 0. The van der Waals surface area contributed by atoms with Crippen LogP contribution in [-0.4, -0.2) is 29.3 Å². The van der Waals surface area contributed by atoms with Gasteiger partial charge in [0, 0.05) is 6.42 Å². The maximum absolute atomic E-state index is 12.5. The molecule has 0 aliphatic rings. The maximum Gasteiger partial charge on any atom is 0.156 e. The molecule has 0 heterocycles. The first-order valence-corrected chi connectivity index (χ1v) is 6.75. The van der Waals surface area contributed by atoms with E-state index in [1.807, 2.05) is 26.0 Å². The third-order valence-corrected chi connectivity index (χ3v) is 3.68. The van der Waals surface area contributed by atoms with Gasteiger partial charge in [0.15, 0.2) is 5.78 Å². The van der Waals surface area contributed by atoms with Gasteiger partial charge in [-0.05, 0) is 39.4 Å². The Kier molecular flexibility index (Phi) is 5.09. The minimum Gasteiger partial charge on any atom is -0.297 e. The van der Waals surface area contributed by atoms with E-state index < -0.39 is 0 Å². The highest BCUT2D eigenvalue weighted by molar-refractivity contribution is 5.89. The first kappa shape index (κ1) is 14.9. The van der Waals surface area contributed by atoms with E-state index >= 15 is 0 Å². The zero-order valence-corrected chi connectivity index (χ0v) is 12.3. The van der Waals surface area contributed by atoms with Crippen molar-refractivity contribution in [3.05, 3.63) is 35.4 Å². The monoisotopic (exact) mass is 247 g/mol. The molecule has 2 nitrogen and oxygen atoms in total. The molecular formula is C16H25NO. The highest BCUT2D eigenvalue weighted by Gasteiger charge is 2.32. The Morgan fingerprint density at radius 3 is 2.33 bits per heavy atom. The minimum atomic E-state index is -0.382. The number of carbonyl (C=O) groups is 1. The Morgan fingerprint density at radius 2 is 1.83 bits per heavy atom. The Balaban J connectivity index is 2.81. The fourth-order valence-electron chi connectivity index (χ4n) is 2.41. The van der Waals surface area contributed by atoms with Crippen LogP contribution in [0, 0.1) is 6.92 Å². The number of benzene rings is 1. The average Bonchev–Trinajstić information content (AvgIpc) is 2.30. The van der Waals surface area contributed by atoms with Gasteiger partial charge in [0.05, 0.1) is 5.54 Å². The second-order valence-corrected chi connectivity index (χ2v) is 5.32. The summed E-state index contributed by atoms with van der Waals surface area (Å²) in [5.74, 6) is 0.289. The molecule has 0 amide bonds. The smallest absolute Gasteiger partial charge is 0.156 e. The van der Waals surface area contributed by atoms with Crippen molar-refractivity contribution in [2.45, 2.75) is 46.6 Å². The van der Waals surface area contributed by atoms with Gasteiger partial charge < -0.3 is 0 Å². The average molecular weight is 247 g/mol. The van der Waals surface area contributed by atoms with Crippen molar-refractivity contribution < 1.29 is 4.79 Å². The molecule has 1 rings (SSSR count). The van der Waals surface area contributed by atoms with E-state index in [1.54, 1.807) is 0 Å². The molecule has 1 aromatic rings. The molecule has 0 fully saturated rings. The third kappa shape index (κ3) is 3.42. The summed E-state index contributed by atoms with van der Waals surface area (Å²) >= 11 is 0. The van der Waals surface area contributed by atoms with Gasteiger partial charge in [-0.25, -0.2) is 0 Å². The van der Waals surface area contributed by atoms with Crippen LogP contribution in [0.3, 0.4) is 0 Å². The van der Waals surface area contributed by atoms with Gasteiger partial charge in [0.1, 0.15) is 0 Å². The molecule has 0 N–H and O–H groups in total. The molecule has 0 saturated heterocycles. The Morgan fingerprint density at radius 1 is 1.22 bits per heavy atom. The molecule has 0 atom stereocenters. The van der Waals surface area contributed by atoms with Crippen LogP contribution in [0.2, 0.25) is 0 Å². The van der Waals surface area contributed by atoms with E-state index in [4.69, 9.17) is 0 Å². The molecule has 0 aromatic heterocycles. The van der Waals surface area contributed by atoms with Crippen LogP contribution in [0.15, 0.2) is 24.3 Å². The van der Waals surface area contributed by atoms with Crippen molar-refractivity contribution in [2.75, 3.05) is 13.1 Å². The molecule has 0 saturated carbocycles. The number of likely N-dealkylation sites (N-methyl/N-ethyl adjacent to an activating group) is 1. The van der Waals surface area contributed by atoms with Gasteiger partial charge in [-0.3, -0.25) is 9.69 Å². The topological polar surface area (TPSA) is 20.3 Å². The second-order valence-electron chi connectivity index (χ2n) is 5.32. The molecule has 18 heavy (non-hydrogen) atoms. The zero-order chi connectivity index (χ0) is 13.8. The van der Waals surface area contributed by atoms with E-state index in [0.29, 0.717) is 6.42 Å². The standard InChI is InChI=1S/C16H25NO/c1-6-17(7-2)16(4,5)15(18)12-14-10-8-9-13(3)11-14/h8-11H,6-7,12H2,1-5H3. The van der Waals surface area contributed by atoms with E-state index in [0.717, 1.165) is 18.7 Å². The van der Waals surface area contributed by atoms with Gasteiger partial charge in [-0.1, -0.05) is 43.7 Å². The first-order valence-electron chi connectivity index (χ1n) is 6.75. The van der Waals surface area contributed by atoms with Crippen molar-refractivity contribution in [3.63, 3.8) is 0 Å². The Bertz CT molecular complexity index is 405. The van der Waals surface area contributed by atoms with Gasteiger partial charge >= 0.3 is 0 Å². The lowest BCUT2D eigenvalue weighted by Crippen LogP contribution is -2.50. The second kappa shape index (κ2) is 6.14. The van der Waals surface area contributed by atoms with Crippen molar-refractivity contribution >= 4 is 5.78 Å². The number of carbonyl (C=O) groups excluding carboxylic acids is 1. The number of hydrogen-bond acceptors (Lipinski definition) is 2. The summed E-state index contributed by atoms with van der Waals surface area (Å²) in [5.41, 5.74) is 1.94. The molecular weight excluding hydrogens is 222 g/mol. The van der Waals surface area contributed by atoms with Crippen LogP contribution in [0.4, 0.5) is 0 Å². The van der Waals surface area contributed by atoms with Crippen LogP contribution in [0.25, 0.3) is 0 Å². The number of aryl methyl sites for hydroxylation is 1. The molecule has 0 aliphatic carbocycles. The van der Waals surface area contributed by atoms with Gasteiger partial charge in [-0.2, -0.15) is 0 Å². The summed E-state index contributed by atoms with van der Waals surface area (Å²) in [5, 5.41) is 0. The lowest BCUT2D eigenvalue weighted by atomic mass is 9.91. The van der Waals surface area contributed by atoms with Crippen LogP contribution in [0.5, 0.6) is 0 Å². The van der Waals surface area contributed by atoms with E-state index in [2.05, 4.69) is 37.8 Å². The molecule has 0 bridgehead atoms. The largest absolute Gasteiger partial charge is 0.297 e. The minimum absolute atomic E-state index is 0.289. The SMILES string of the molecule is CCN(CC)C(C)(C)C(=O)Cc1cccc(C)c1. The zero-order valence-electron chi connectivity index (χ0n) is 12.3. The van der Waals surface area contributed by atoms with Crippen LogP contribution < -0.4 is 0 Å². The molecule has 0 aliphatic heterocycles. The number of ketones is 1. The fraction of sp³-hybridized carbons (Fsp3) is 0.562. The van der Waals surface area contributed by atoms with Crippen LogP contribution >= 0.6 is 0 Å². The molecule has 0 spiro atoms. The van der Waals surface area contributed by atoms with Gasteiger partial charge in [-0.15, -0.1) is 0 Å². The summed E-state index contributed by atoms with van der Waals surface area (Å²) in [4.78, 5) is 14.7. The number of rotatable bonds is 6. The van der Waals surface area contributed by atoms with E-state index in [-0.39, 0.29) is 11.3 Å². The quantitative estimate of drug-likeness (QED) is 0.769. The number of nitrogens with zero attached hydrogens (tertiary/aromatic N) is 1. The Hall–Kier alpha value is -1.15. The summed E-state index contributed by atoms with van der Waals surface area (Å²) in [7, 11) is 0. The normalized spacial score (nSPS) is 11.9. The summed E-state index contributed by atoms with van der Waals surface area (Å²) in [6.45, 7) is 12.1. The van der Waals surface area contributed by atoms with Crippen LogP contribution in [-0.2, 0) is 11.2 Å². The molecule has 0 radical (unpaired) electrons. The summed E-state index contributed by atoms with van der Waals surface area (Å²) in [6.07, 6.45) is 0.519. The van der Waals surface area contributed by atoms with Crippen LogP contribution in [0.1, 0.15) is 38.8 Å². The molecule has 2 heteroatoms. The first-order chi connectivity index (χ1) is 8.41. The summed E-state index contributed by atoms with van der Waals surface area (Å²) < 4.78 is 0. The lowest BCUT2D eigenvalue weighted by Gasteiger charge is -2.35. The van der Waals surface area contributed by atoms with E-state index in [1.165, 1.54) is 5.56 Å². The highest BCUT2D eigenvalue weighted by Crippen LogP contribution is 2.18. The van der Waals surface area contributed by atoms with Crippen molar-refractivity contribution in [2.24, 2.45) is 0 Å². The molecule has 100 valence electrons. The maximum atomic E-state index is 12.5. The van der Waals surface area contributed by atoms with E-state index in [9.17, 15) is 4.79 Å². The number of Topliss-reactive ketones (excluding diaryl/α,β-unsaturated/α-hetero) is 1. The summed E-state index contributed by atoms with van der Waals surface area (Å²) in [6, 6.07) is 8.20. The lowest BCUT2D eigenvalue weighted by molar-refractivity contribution is -0.128. The van der Waals surface area contributed by atoms with Crippen molar-refractivity contribution in [3.8, 4) is 0 Å². The third-order valence-electron chi connectivity index (χ3n) is 3.68. The van der Waals surface area contributed by atoms with Crippen molar-refractivity contribution in [1.82, 2.24) is 4.90 Å². The predicted octanol–water partition coefficient (Wildman–Crippen LogP) is 3.23. The Labute approximate surface area is 111 Å². The fourth-order valence-corrected chi connectivity index (χ4v) is 2.41. The predicted molar refractivity (Wildman–Crippen MR) is 76.9 cm³/mol. The van der Waals surface area contributed by atoms with Gasteiger partial charge in [0.2, 0.25) is 0 Å². The van der Waals surface area contributed by atoms with Crippen molar-refractivity contribution in [1.29, 1.82) is 0 Å². The van der Waals surface area contributed by atoms with Gasteiger partial charge in [0.25, 0.3) is 0 Å². The highest BCUT2D eigenvalue weighted by atomic mass is 16.1.